The van der Waals surface area contributed by atoms with Gasteiger partial charge in [-0.1, -0.05) is 0 Å². The average molecular weight is 267 g/mol. The van der Waals surface area contributed by atoms with E-state index in [0.717, 1.165) is 0 Å². The lowest BCUT2D eigenvalue weighted by molar-refractivity contribution is 0.0964. The third kappa shape index (κ3) is 2.54. The Morgan fingerprint density at radius 1 is 0.778 bits per heavy atom. The van der Waals surface area contributed by atoms with Gasteiger partial charge in [-0.05, 0) is 44.5 Å². The fourth-order valence-corrected chi connectivity index (χ4v) is 1.95. The van der Waals surface area contributed by atoms with Gasteiger partial charge in [0.2, 0.25) is 0 Å². The molecule has 0 atom stereocenters. The van der Waals surface area contributed by atoms with Gasteiger partial charge in [-0.3, -0.25) is 19.2 Å². The highest BCUT2D eigenvalue weighted by atomic mass is 35.5. The van der Waals surface area contributed by atoms with Crippen LogP contribution in [-0.2, 0) is 0 Å². The summed E-state index contributed by atoms with van der Waals surface area (Å²) < 4.78 is 0. The van der Waals surface area contributed by atoms with Gasteiger partial charge >= 0.3 is 0 Å². The van der Waals surface area contributed by atoms with E-state index in [1.807, 2.05) is 0 Å². The molecule has 5 heteroatoms. The number of halogens is 1. The molecule has 1 rings (SSSR count). The topological polar surface area (TPSA) is 68.3 Å². The third-order valence-corrected chi connectivity index (χ3v) is 2.70. The molecular weight excluding hydrogens is 256 g/mol. The normalized spacial score (nSPS) is 10.0. The van der Waals surface area contributed by atoms with E-state index in [2.05, 4.69) is 0 Å². The molecule has 18 heavy (non-hydrogen) atoms. The molecule has 0 aromatic heterocycles. The van der Waals surface area contributed by atoms with Crippen LogP contribution in [0.1, 0.15) is 62.2 Å². The van der Waals surface area contributed by atoms with Crippen LogP contribution in [0, 0.1) is 0 Å². The summed E-state index contributed by atoms with van der Waals surface area (Å²) in [5, 5.41) is -0.835. The van der Waals surface area contributed by atoms with Crippen molar-refractivity contribution in [1.82, 2.24) is 0 Å². The summed E-state index contributed by atoms with van der Waals surface area (Å²) >= 11 is 5.37. The van der Waals surface area contributed by atoms with Crippen LogP contribution in [-0.4, -0.2) is 22.6 Å². The second-order valence-corrected chi connectivity index (χ2v) is 4.20. The molecule has 0 aliphatic rings. The van der Waals surface area contributed by atoms with E-state index in [1.54, 1.807) is 0 Å². The Hall–Kier alpha value is -1.81. The van der Waals surface area contributed by atoms with E-state index in [-0.39, 0.29) is 28.0 Å². The Morgan fingerprint density at radius 3 is 1.50 bits per heavy atom. The maximum absolute atomic E-state index is 11.6. The van der Waals surface area contributed by atoms with E-state index in [4.69, 9.17) is 11.6 Å². The molecule has 0 aliphatic carbocycles. The number of ketones is 3. The molecule has 1 aromatic rings. The zero-order valence-electron chi connectivity index (χ0n) is 10.2. The largest absolute Gasteiger partial charge is 0.294 e. The number of carbonyl (C=O) groups excluding carboxylic acids is 4. The highest BCUT2D eigenvalue weighted by Crippen LogP contribution is 2.23. The van der Waals surface area contributed by atoms with Gasteiger partial charge in [-0.15, -0.1) is 0 Å². The van der Waals surface area contributed by atoms with Crippen LogP contribution >= 0.6 is 11.6 Å². The van der Waals surface area contributed by atoms with Crippen molar-refractivity contribution >= 4 is 34.2 Å². The number of hydrogen-bond acceptors (Lipinski definition) is 4. The van der Waals surface area contributed by atoms with Crippen LogP contribution < -0.4 is 0 Å². The van der Waals surface area contributed by atoms with Crippen molar-refractivity contribution in [3.8, 4) is 0 Å². The molecule has 0 aliphatic heterocycles. The lowest BCUT2D eigenvalue weighted by Gasteiger charge is -2.11. The average Bonchev–Trinajstić information content (AvgIpc) is 2.26. The Kier molecular flexibility index (Phi) is 4.14. The lowest BCUT2D eigenvalue weighted by Crippen LogP contribution is -2.15. The Morgan fingerprint density at radius 2 is 1.17 bits per heavy atom. The van der Waals surface area contributed by atoms with Crippen molar-refractivity contribution in [2.45, 2.75) is 20.8 Å². The first-order chi connectivity index (χ1) is 8.27. The molecule has 0 saturated heterocycles. The zero-order chi connectivity index (χ0) is 14.0. The van der Waals surface area contributed by atoms with E-state index < -0.39 is 16.8 Å². The second-order valence-electron chi connectivity index (χ2n) is 3.85. The molecule has 0 N–H and O–H groups in total. The number of Topliss-reactive ketones (excluding diaryl/α,β-unsaturated/α-hetero) is 3. The fraction of sp³-hybridized carbons (Fsp3) is 0.231. The monoisotopic (exact) mass is 266 g/mol. The first-order valence-electron chi connectivity index (χ1n) is 5.17. The van der Waals surface area contributed by atoms with Crippen LogP contribution in [0.3, 0.4) is 0 Å². The molecular formula is C13H11ClO4. The van der Waals surface area contributed by atoms with E-state index in [1.165, 1.54) is 32.9 Å². The molecule has 94 valence electrons. The predicted octanol–water partition coefficient (Wildman–Crippen LogP) is 2.67. The number of hydrogen-bond donors (Lipinski definition) is 0. The SMILES string of the molecule is CC(=O)c1ccc(C(=O)Cl)c(C(C)=O)c1C(C)=O. The minimum atomic E-state index is -0.835. The van der Waals surface area contributed by atoms with Crippen molar-refractivity contribution in [1.29, 1.82) is 0 Å². The standard InChI is InChI=1S/C13H11ClO4/c1-6(15)9-4-5-10(13(14)18)12(8(3)17)11(9)7(2)16/h4-5H,1-3H3. The van der Waals surface area contributed by atoms with Gasteiger partial charge in [0.05, 0.1) is 0 Å². The Balaban J connectivity index is 3.82. The summed E-state index contributed by atoms with van der Waals surface area (Å²) in [5.74, 6) is -1.28. The van der Waals surface area contributed by atoms with E-state index in [0.29, 0.717) is 0 Å². The van der Waals surface area contributed by atoms with Gasteiger partial charge in [0.1, 0.15) is 0 Å². The fourth-order valence-electron chi connectivity index (χ4n) is 1.79. The van der Waals surface area contributed by atoms with Crippen molar-refractivity contribution in [3.63, 3.8) is 0 Å². The summed E-state index contributed by atoms with van der Waals surface area (Å²) in [6.07, 6.45) is 0. The highest BCUT2D eigenvalue weighted by Gasteiger charge is 2.24. The van der Waals surface area contributed by atoms with Gasteiger partial charge in [0.15, 0.2) is 17.3 Å². The first-order valence-corrected chi connectivity index (χ1v) is 5.54. The van der Waals surface area contributed by atoms with Crippen molar-refractivity contribution in [3.05, 3.63) is 34.4 Å². The molecule has 0 heterocycles. The summed E-state index contributed by atoms with van der Waals surface area (Å²) in [5.41, 5.74) is -0.0644. The molecule has 0 saturated carbocycles. The number of benzene rings is 1. The maximum atomic E-state index is 11.6. The molecule has 0 spiro atoms. The van der Waals surface area contributed by atoms with E-state index >= 15 is 0 Å². The van der Waals surface area contributed by atoms with Crippen LogP contribution in [0.5, 0.6) is 0 Å². The van der Waals surface area contributed by atoms with Gasteiger partial charge in [-0.25, -0.2) is 0 Å². The maximum Gasteiger partial charge on any atom is 0.253 e. The van der Waals surface area contributed by atoms with Gasteiger partial charge < -0.3 is 0 Å². The minimum Gasteiger partial charge on any atom is -0.294 e. The molecule has 0 unspecified atom stereocenters. The predicted molar refractivity (Wildman–Crippen MR) is 66.6 cm³/mol. The van der Waals surface area contributed by atoms with Crippen molar-refractivity contribution < 1.29 is 19.2 Å². The molecule has 4 nitrogen and oxygen atoms in total. The van der Waals surface area contributed by atoms with Crippen molar-refractivity contribution in [2.75, 3.05) is 0 Å². The molecule has 0 fully saturated rings. The molecule has 0 amide bonds. The number of carbonyl (C=O) groups is 4. The number of rotatable bonds is 4. The highest BCUT2D eigenvalue weighted by molar-refractivity contribution is 6.68. The summed E-state index contributed by atoms with van der Waals surface area (Å²) in [7, 11) is 0. The quantitative estimate of drug-likeness (QED) is 0.621. The second kappa shape index (κ2) is 5.23. The van der Waals surface area contributed by atoms with Crippen LogP contribution in [0.4, 0.5) is 0 Å². The van der Waals surface area contributed by atoms with Gasteiger partial charge in [0.25, 0.3) is 5.24 Å². The summed E-state index contributed by atoms with van der Waals surface area (Å²) in [6.45, 7) is 3.74. The van der Waals surface area contributed by atoms with E-state index in [9.17, 15) is 19.2 Å². The molecule has 0 radical (unpaired) electrons. The Labute approximate surface area is 109 Å². The van der Waals surface area contributed by atoms with Crippen LogP contribution in [0.25, 0.3) is 0 Å². The Bertz CT molecular complexity index is 522. The summed E-state index contributed by atoms with van der Waals surface area (Å²) in [4.78, 5) is 45.9. The van der Waals surface area contributed by atoms with Crippen LogP contribution in [0.15, 0.2) is 12.1 Å². The van der Waals surface area contributed by atoms with Gasteiger partial charge in [-0.2, -0.15) is 0 Å². The van der Waals surface area contributed by atoms with Crippen molar-refractivity contribution in [2.24, 2.45) is 0 Å². The summed E-state index contributed by atoms with van der Waals surface area (Å²) in [6, 6.07) is 2.62. The zero-order valence-corrected chi connectivity index (χ0v) is 10.9. The molecule has 0 bridgehead atoms. The van der Waals surface area contributed by atoms with Crippen LogP contribution in [0.2, 0.25) is 0 Å². The third-order valence-electron chi connectivity index (χ3n) is 2.50. The minimum absolute atomic E-state index is 0.0403. The first kappa shape index (κ1) is 14.3. The molecule has 1 aromatic carbocycles. The van der Waals surface area contributed by atoms with Gasteiger partial charge in [0, 0.05) is 22.3 Å². The lowest BCUT2D eigenvalue weighted by atomic mass is 9.90. The smallest absolute Gasteiger partial charge is 0.253 e.